The minimum Gasteiger partial charge on any atom is -0.493 e. The number of anilines is 1. The van der Waals surface area contributed by atoms with E-state index in [-0.39, 0.29) is 23.4 Å². The van der Waals surface area contributed by atoms with Crippen LogP contribution in [-0.4, -0.2) is 54.1 Å². The van der Waals surface area contributed by atoms with Gasteiger partial charge >= 0.3 is 0 Å². The fourth-order valence-electron chi connectivity index (χ4n) is 3.27. The van der Waals surface area contributed by atoms with Gasteiger partial charge in [0.1, 0.15) is 11.3 Å². The van der Waals surface area contributed by atoms with Gasteiger partial charge in [-0.1, -0.05) is 5.16 Å². The molecule has 0 saturated heterocycles. The standard InChI is InChI=1S/C16H18N6O5S/c1-9-18-13(21-27-9)14(23)19-10-3-4-12-11(7-10)16(5-6-26-12)8-28(24,25)22(2)15(17)20-16/h3-4,7H,5-6,8H2,1-2H3,(H2,17,20)(H,19,23)/t16-/m0/s1. The zero-order valence-electron chi connectivity index (χ0n) is 15.2. The second kappa shape index (κ2) is 6.19. The Balaban J connectivity index is 1.73. The Morgan fingerprint density at radius 2 is 2.18 bits per heavy atom. The van der Waals surface area contributed by atoms with Gasteiger partial charge in [-0.2, -0.15) is 4.98 Å². The van der Waals surface area contributed by atoms with E-state index in [9.17, 15) is 13.2 Å². The first kappa shape index (κ1) is 18.2. The average Bonchev–Trinajstić information content (AvgIpc) is 3.07. The minimum atomic E-state index is -3.64. The number of carbonyl (C=O) groups excluding carboxylic acids is 1. The molecule has 28 heavy (non-hydrogen) atoms. The number of nitrogens with zero attached hydrogens (tertiary/aromatic N) is 4. The number of aryl methyl sites for hydroxylation is 1. The van der Waals surface area contributed by atoms with Gasteiger partial charge in [-0.3, -0.25) is 4.79 Å². The Morgan fingerprint density at radius 1 is 1.39 bits per heavy atom. The first-order valence-electron chi connectivity index (χ1n) is 8.41. The minimum absolute atomic E-state index is 0.0872. The van der Waals surface area contributed by atoms with Gasteiger partial charge in [-0.15, -0.1) is 0 Å². The first-order valence-corrected chi connectivity index (χ1v) is 10.0. The van der Waals surface area contributed by atoms with Crippen molar-refractivity contribution in [2.24, 2.45) is 10.7 Å². The van der Waals surface area contributed by atoms with Crippen molar-refractivity contribution in [3.05, 3.63) is 35.5 Å². The molecule has 1 aromatic carbocycles. The second-order valence-corrected chi connectivity index (χ2v) is 8.63. The molecule has 1 aromatic heterocycles. The molecule has 4 rings (SSSR count). The summed E-state index contributed by atoms with van der Waals surface area (Å²) in [6.07, 6.45) is 0.342. The van der Waals surface area contributed by atoms with Crippen LogP contribution in [0.2, 0.25) is 0 Å². The summed E-state index contributed by atoms with van der Waals surface area (Å²) in [5.74, 6) is -0.224. The van der Waals surface area contributed by atoms with Crippen LogP contribution in [0.4, 0.5) is 5.69 Å². The van der Waals surface area contributed by atoms with E-state index in [0.717, 1.165) is 4.31 Å². The van der Waals surface area contributed by atoms with Crippen molar-refractivity contribution in [3.63, 3.8) is 0 Å². The Morgan fingerprint density at radius 3 is 2.86 bits per heavy atom. The molecule has 148 valence electrons. The third kappa shape index (κ3) is 2.95. The van der Waals surface area contributed by atoms with Crippen molar-refractivity contribution in [1.29, 1.82) is 0 Å². The van der Waals surface area contributed by atoms with Gasteiger partial charge in [0, 0.05) is 31.6 Å². The third-order valence-corrected chi connectivity index (χ3v) is 6.60. The van der Waals surface area contributed by atoms with E-state index in [1.807, 2.05) is 0 Å². The number of guanidine groups is 1. The van der Waals surface area contributed by atoms with Gasteiger partial charge in [0.2, 0.25) is 21.9 Å². The largest absolute Gasteiger partial charge is 0.493 e. The van der Waals surface area contributed by atoms with E-state index in [4.69, 9.17) is 15.0 Å². The van der Waals surface area contributed by atoms with E-state index >= 15 is 0 Å². The lowest BCUT2D eigenvalue weighted by molar-refractivity contribution is 0.101. The van der Waals surface area contributed by atoms with Crippen molar-refractivity contribution < 1.29 is 22.5 Å². The highest BCUT2D eigenvalue weighted by Gasteiger charge is 2.47. The van der Waals surface area contributed by atoms with E-state index in [1.54, 1.807) is 25.1 Å². The van der Waals surface area contributed by atoms with Gasteiger partial charge in [0.05, 0.1) is 12.4 Å². The van der Waals surface area contributed by atoms with Crippen molar-refractivity contribution in [1.82, 2.24) is 14.4 Å². The number of nitrogens with two attached hydrogens (primary N) is 1. The molecule has 0 aliphatic carbocycles. The Labute approximate surface area is 160 Å². The molecule has 11 nitrogen and oxygen atoms in total. The van der Waals surface area contributed by atoms with Crippen LogP contribution in [0, 0.1) is 6.92 Å². The normalized spacial score (nSPS) is 22.9. The van der Waals surface area contributed by atoms with Crippen LogP contribution in [-0.2, 0) is 15.6 Å². The SMILES string of the molecule is Cc1nc(C(=O)Nc2ccc3c(c2)[C@]2(CCO3)CS(=O)(=O)N(C)C(N)=N2)no1. The molecule has 0 radical (unpaired) electrons. The lowest BCUT2D eigenvalue weighted by Gasteiger charge is -2.40. The maximum Gasteiger partial charge on any atom is 0.297 e. The van der Waals surface area contributed by atoms with E-state index < -0.39 is 21.5 Å². The van der Waals surface area contributed by atoms with Crippen LogP contribution in [0.3, 0.4) is 0 Å². The van der Waals surface area contributed by atoms with Gasteiger partial charge in [-0.05, 0) is 18.2 Å². The summed E-state index contributed by atoms with van der Waals surface area (Å²) in [6.45, 7) is 1.88. The van der Waals surface area contributed by atoms with Crippen LogP contribution >= 0.6 is 0 Å². The maximum atomic E-state index is 12.6. The molecule has 12 heteroatoms. The highest BCUT2D eigenvalue weighted by Crippen LogP contribution is 2.44. The topological polar surface area (TPSA) is 153 Å². The lowest BCUT2D eigenvalue weighted by atomic mass is 9.86. The number of fused-ring (bicyclic) bond motifs is 2. The molecule has 0 bridgehead atoms. The van der Waals surface area contributed by atoms with Crippen molar-refractivity contribution in [3.8, 4) is 5.75 Å². The summed E-state index contributed by atoms with van der Waals surface area (Å²) in [5.41, 5.74) is 5.76. The number of aliphatic imine (C=N–C) groups is 1. The summed E-state index contributed by atoms with van der Waals surface area (Å²) in [6, 6.07) is 4.93. The van der Waals surface area contributed by atoms with Gasteiger partial charge in [-0.25, -0.2) is 17.7 Å². The molecule has 0 unspecified atom stereocenters. The molecule has 2 aliphatic rings. The molecule has 2 aromatic rings. The van der Waals surface area contributed by atoms with Crippen LogP contribution in [0.15, 0.2) is 27.7 Å². The molecule has 1 amide bonds. The first-order chi connectivity index (χ1) is 13.2. The van der Waals surface area contributed by atoms with E-state index in [0.29, 0.717) is 30.0 Å². The van der Waals surface area contributed by atoms with Gasteiger partial charge in [0.15, 0.2) is 0 Å². The molecule has 3 N–H and O–H groups in total. The van der Waals surface area contributed by atoms with Crippen LogP contribution in [0.5, 0.6) is 5.75 Å². The number of benzene rings is 1. The van der Waals surface area contributed by atoms with Gasteiger partial charge in [0.25, 0.3) is 11.7 Å². The number of sulfonamides is 1. The number of ether oxygens (including phenoxy) is 1. The van der Waals surface area contributed by atoms with E-state index in [2.05, 4.69) is 20.4 Å². The fourth-order valence-corrected chi connectivity index (χ4v) is 4.76. The number of hydrogen-bond donors (Lipinski definition) is 2. The number of nitrogens with one attached hydrogen (secondary N) is 1. The average molecular weight is 406 g/mol. The zero-order chi connectivity index (χ0) is 20.1. The highest BCUT2D eigenvalue weighted by atomic mass is 32.2. The second-order valence-electron chi connectivity index (χ2n) is 6.63. The molecular weight excluding hydrogens is 388 g/mol. The predicted octanol–water partition coefficient (Wildman–Crippen LogP) is 0.198. The summed E-state index contributed by atoms with van der Waals surface area (Å²) in [4.78, 5) is 20.6. The number of rotatable bonds is 2. The zero-order valence-corrected chi connectivity index (χ0v) is 16.0. The molecule has 1 atom stereocenters. The molecule has 0 saturated carbocycles. The highest BCUT2D eigenvalue weighted by molar-refractivity contribution is 7.89. The number of amides is 1. The smallest absolute Gasteiger partial charge is 0.297 e. The molecule has 1 spiro atoms. The lowest BCUT2D eigenvalue weighted by Crippen LogP contribution is -2.52. The van der Waals surface area contributed by atoms with Crippen LogP contribution in [0.1, 0.15) is 28.5 Å². The summed E-state index contributed by atoms with van der Waals surface area (Å²) >= 11 is 0. The predicted molar refractivity (Wildman–Crippen MR) is 98.4 cm³/mol. The number of carbonyl (C=O) groups is 1. The number of hydrogen-bond acceptors (Lipinski definition) is 9. The number of aromatic nitrogens is 2. The summed E-state index contributed by atoms with van der Waals surface area (Å²) < 4.78 is 36.5. The maximum absolute atomic E-state index is 12.6. The van der Waals surface area contributed by atoms with Crippen LogP contribution in [0.25, 0.3) is 0 Å². The van der Waals surface area contributed by atoms with Crippen molar-refractivity contribution >= 4 is 27.6 Å². The molecule has 0 fully saturated rings. The summed E-state index contributed by atoms with van der Waals surface area (Å²) in [5, 5.41) is 6.24. The quantitative estimate of drug-likeness (QED) is 0.717. The van der Waals surface area contributed by atoms with Crippen molar-refractivity contribution in [2.75, 3.05) is 24.7 Å². The van der Waals surface area contributed by atoms with Crippen LogP contribution < -0.4 is 15.8 Å². The van der Waals surface area contributed by atoms with Crippen molar-refractivity contribution in [2.45, 2.75) is 18.9 Å². The Hall–Kier alpha value is -3.15. The van der Waals surface area contributed by atoms with Gasteiger partial charge < -0.3 is 20.3 Å². The summed E-state index contributed by atoms with van der Waals surface area (Å²) in [7, 11) is -2.27. The monoisotopic (exact) mass is 406 g/mol. The third-order valence-electron chi connectivity index (χ3n) is 4.73. The molecule has 2 aliphatic heterocycles. The Kier molecular flexibility index (Phi) is 4.03. The molecular formula is C16H18N6O5S. The Bertz CT molecular complexity index is 1090. The molecule has 3 heterocycles. The fraction of sp³-hybridized carbons (Fsp3) is 0.375. The van der Waals surface area contributed by atoms with E-state index in [1.165, 1.54) is 7.05 Å².